The molecular formula is C31H32N6O5. The fourth-order valence-electron chi connectivity index (χ4n) is 4.45. The standard InChI is InChI=1S/C31H32N6O5/c1-31(2,3)35-29(38)42-18-21-11-8-12-22(15-21)37-28-26(27(32)33-19-34-28)36(30(37)39)23-13-14-24(25(16-23)40-4)41-17-20-9-6-5-7-10-20/h5-16,19H,17-18H2,1-4H3,(H,35,38)(H2,32,33,34). The fraction of sp³-hybridized carbons (Fsp3) is 0.226. The van der Waals surface area contributed by atoms with Gasteiger partial charge in [0, 0.05) is 11.6 Å². The van der Waals surface area contributed by atoms with Gasteiger partial charge in [-0.3, -0.25) is 4.57 Å². The molecule has 0 aliphatic heterocycles. The smallest absolute Gasteiger partial charge is 0.407 e. The Morgan fingerprint density at radius 1 is 0.881 bits per heavy atom. The van der Waals surface area contributed by atoms with Crippen LogP contribution in [0.2, 0.25) is 0 Å². The zero-order valence-corrected chi connectivity index (χ0v) is 23.8. The lowest BCUT2D eigenvalue weighted by molar-refractivity contribution is 0.131. The predicted molar refractivity (Wildman–Crippen MR) is 159 cm³/mol. The number of ether oxygens (including phenoxy) is 3. The highest BCUT2D eigenvalue weighted by Crippen LogP contribution is 2.32. The van der Waals surface area contributed by atoms with Gasteiger partial charge in [0.25, 0.3) is 0 Å². The summed E-state index contributed by atoms with van der Waals surface area (Å²) in [5, 5.41) is 2.76. The lowest BCUT2D eigenvalue weighted by Crippen LogP contribution is -2.40. The van der Waals surface area contributed by atoms with Crippen molar-refractivity contribution < 1.29 is 19.0 Å². The van der Waals surface area contributed by atoms with Crippen LogP contribution < -0.4 is 26.2 Å². The molecule has 3 aromatic carbocycles. The van der Waals surface area contributed by atoms with E-state index < -0.39 is 17.3 Å². The first-order valence-electron chi connectivity index (χ1n) is 13.3. The molecule has 11 heteroatoms. The molecule has 0 aliphatic rings. The van der Waals surface area contributed by atoms with E-state index >= 15 is 0 Å². The third-order valence-electron chi connectivity index (χ3n) is 6.31. The van der Waals surface area contributed by atoms with Gasteiger partial charge in [-0.1, -0.05) is 42.5 Å². The number of nitrogens with two attached hydrogens (primary N) is 1. The summed E-state index contributed by atoms with van der Waals surface area (Å²) >= 11 is 0. The van der Waals surface area contributed by atoms with Crippen LogP contribution in [-0.2, 0) is 18.0 Å². The summed E-state index contributed by atoms with van der Waals surface area (Å²) < 4.78 is 19.9. The van der Waals surface area contributed by atoms with Crippen molar-refractivity contribution in [1.29, 1.82) is 0 Å². The van der Waals surface area contributed by atoms with Crippen molar-refractivity contribution in [3.63, 3.8) is 0 Å². The molecule has 0 atom stereocenters. The van der Waals surface area contributed by atoms with Gasteiger partial charge in [-0.15, -0.1) is 0 Å². The van der Waals surface area contributed by atoms with Gasteiger partial charge in [-0.25, -0.2) is 24.1 Å². The molecule has 5 aromatic rings. The number of benzene rings is 3. The van der Waals surface area contributed by atoms with Gasteiger partial charge in [-0.05, 0) is 56.2 Å². The minimum absolute atomic E-state index is 0.0158. The first-order chi connectivity index (χ1) is 20.1. The summed E-state index contributed by atoms with van der Waals surface area (Å²) in [4.78, 5) is 34.7. The molecule has 216 valence electrons. The van der Waals surface area contributed by atoms with E-state index in [-0.39, 0.29) is 12.4 Å². The minimum atomic E-state index is -0.535. The summed E-state index contributed by atoms with van der Waals surface area (Å²) in [5.41, 5.74) is 8.81. The number of alkyl carbamates (subject to hydrolysis) is 1. The third-order valence-corrected chi connectivity index (χ3v) is 6.31. The molecule has 0 saturated heterocycles. The number of nitrogens with one attached hydrogen (secondary N) is 1. The molecule has 0 unspecified atom stereocenters. The van der Waals surface area contributed by atoms with Gasteiger partial charge < -0.3 is 25.3 Å². The van der Waals surface area contributed by atoms with Crippen molar-refractivity contribution in [3.8, 4) is 22.9 Å². The lowest BCUT2D eigenvalue weighted by Gasteiger charge is -2.20. The highest BCUT2D eigenvalue weighted by atomic mass is 16.5. The Morgan fingerprint density at radius 3 is 2.36 bits per heavy atom. The molecule has 1 amide bonds. The number of aromatic nitrogens is 4. The molecule has 0 saturated carbocycles. The first kappa shape index (κ1) is 28.2. The molecule has 0 aliphatic carbocycles. The van der Waals surface area contributed by atoms with Crippen LogP contribution in [0.4, 0.5) is 10.6 Å². The molecule has 5 rings (SSSR count). The monoisotopic (exact) mass is 568 g/mol. The molecule has 42 heavy (non-hydrogen) atoms. The van der Waals surface area contributed by atoms with Crippen LogP contribution in [0.3, 0.4) is 0 Å². The molecule has 11 nitrogen and oxygen atoms in total. The fourth-order valence-corrected chi connectivity index (χ4v) is 4.45. The number of amides is 1. The Kier molecular flexibility index (Phi) is 7.83. The molecule has 0 fully saturated rings. The minimum Gasteiger partial charge on any atom is -0.493 e. The summed E-state index contributed by atoms with van der Waals surface area (Å²) in [6, 6.07) is 22.1. The molecule has 0 spiro atoms. The van der Waals surface area contributed by atoms with Crippen LogP contribution in [0.15, 0.2) is 83.9 Å². The van der Waals surface area contributed by atoms with Gasteiger partial charge in [0.2, 0.25) is 0 Å². The normalized spacial score (nSPS) is 11.3. The van der Waals surface area contributed by atoms with Gasteiger partial charge in [0.15, 0.2) is 23.0 Å². The largest absolute Gasteiger partial charge is 0.493 e. The van der Waals surface area contributed by atoms with Crippen LogP contribution in [0.25, 0.3) is 22.5 Å². The predicted octanol–water partition coefficient (Wildman–Crippen LogP) is 4.77. The van der Waals surface area contributed by atoms with E-state index in [1.54, 1.807) is 42.5 Å². The van der Waals surface area contributed by atoms with E-state index in [1.807, 2.05) is 51.1 Å². The van der Waals surface area contributed by atoms with Gasteiger partial charge in [0.1, 0.15) is 25.1 Å². The summed E-state index contributed by atoms with van der Waals surface area (Å²) in [7, 11) is 1.54. The highest BCUT2D eigenvalue weighted by molar-refractivity contribution is 5.85. The summed E-state index contributed by atoms with van der Waals surface area (Å²) in [6.45, 7) is 5.97. The number of nitrogens with zero attached hydrogens (tertiary/aromatic N) is 4. The number of hydrogen-bond donors (Lipinski definition) is 2. The topological polar surface area (TPSA) is 136 Å². The second-order valence-corrected chi connectivity index (χ2v) is 10.6. The Bertz CT molecular complexity index is 1790. The number of fused-ring (bicyclic) bond motifs is 1. The average Bonchev–Trinajstić information content (AvgIpc) is 3.27. The highest BCUT2D eigenvalue weighted by Gasteiger charge is 2.22. The number of hydrogen-bond acceptors (Lipinski definition) is 8. The maximum atomic E-state index is 14.0. The second kappa shape index (κ2) is 11.7. The first-order valence-corrected chi connectivity index (χ1v) is 13.3. The van der Waals surface area contributed by atoms with Gasteiger partial charge in [-0.2, -0.15) is 0 Å². The van der Waals surface area contributed by atoms with Crippen molar-refractivity contribution >= 4 is 23.1 Å². The maximum Gasteiger partial charge on any atom is 0.407 e. The SMILES string of the molecule is COc1cc(-n2c(=O)n(-c3cccc(COC(=O)NC(C)(C)C)c3)c3ncnc(N)c32)ccc1OCc1ccccc1. The van der Waals surface area contributed by atoms with Crippen molar-refractivity contribution in [2.24, 2.45) is 0 Å². The molecular weight excluding hydrogens is 536 g/mol. The summed E-state index contributed by atoms with van der Waals surface area (Å²) in [5.74, 6) is 1.10. The maximum absolute atomic E-state index is 14.0. The molecule has 0 bridgehead atoms. The average molecular weight is 569 g/mol. The van der Waals surface area contributed by atoms with Crippen LogP contribution in [-0.4, -0.2) is 37.8 Å². The Morgan fingerprint density at radius 2 is 1.62 bits per heavy atom. The lowest BCUT2D eigenvalue weighted by atomic mass is 10.1. The number of anilines is 1. The Labute approximate surface area is 242 Å². The zero-order valence-electron chi connectivity index (χ0n) is 23.8. The van der Waals surface area contributed by atoms with Gasteiger partial charge in [0.05, 0.1) is 18.5 Å². The van der Waals surface area contributed by atoms with E-state index in [4.69, 9.17) is 19.9 Å². The van der Waals surface area contributed by atoms with Crippen LogP contribution >= 0.6 is 0 Å². The second-order valence-electron chi connectivity index (χ2n) is 10.6. The number of nitrogen functional groups attached to an aromatic ring is 1. The zero-order chi connectivity index (χ0) is 29.9. The van der Waals surface area contributed by atoms with E-state index in [0.717, 1.165) is 5.56 Å². The van der Waals surface area contributed by atoms with Crippen molar-refractivity contribution in [3.05, 3.63) is 101 Å². The van der Waals surface area contributed by atoms with Crippen LogP contribution in [0.5, 0.6) is 11.5 Å². The molecule has 3 N–H and O–H groups in total. The Hall–Kier alpha value is -5.32. The molecule has 0 radical (unpaired) electrons. The molecule has 2 heterocycles. The number of carbonyl (C=O) groups is 1. The molecule has 2 aromatic heterocycles. The van der Waals surface area contributed by atoms with E-state index in [0.29, 0.717) is 46.2 Å². The van der Waals surface area contributed by atoms with Crippen molar-refractivity contribution in [2.75, 3.05) is 12.8 Å². The number of carbonyl (C=O) groups excluding carboxylic acids is 1. The van der Waals surface area contributed by atoms with Crippen LogP contribution in [0.1, 0.15) is 31.9 Å². The quantitative estimate of drug-likeness (QED) is 0.273. The van der Waals surface area contributed by atoms with Crippen molar-refractivity contribution in [1.82, 2.24) is 24.4 Å². The van der Waals surface area contributed by atoms with Gasteiger partial charge >= 0.3 is 11.8 Å². The van der Waals surface area contributed by atoms with Crippen LogP contribution in [0, 0.1) is 0 Å². The number of rotatable bonds is 8. The van der Waals surface area contributed by atoms with Crippen molar-refractivity contribution in [2.45, 2.75) is 39.5 Å². The third kappa shape index (κ3) is 6.04. The van der Waals surface area contributed by atoms with E-state index in [9.17, 15) is 9.59 Å². The number of imidazole rings is 1. The summed E-state index contributed by atoms with van der Waals surface area (Å²) in [6.07, 6.45) is 0.774. The van der Waals surface area contributed by atoms with E-state index in [2.05, 4.69) is 15.3 Å². The Balaban J connectivity index is 1.51. The van der Waals surface area contributed by atoms with E-state index in [1.165, 1.54) is 22.6 Å². The number of methoxy groups -OCH3 is 1.